The molecule has 7 aromatic rings. The van der Waals surface area contributed by atoms with Crippen LogP contribution in [0.3, 0.4) is 0 Å². The van der Waals surface area contributed by atoms with E-state index in [2.05, 4.69) is 36.9 Å². The number of rotatable bonds is 26. The lowest BCUT2D eigenvalue weighted by Crippen LogP contribution is -2.52. The van der Waals surface area contributed by atoms with Gasteiger partial charge in [0, 0.05) is 59.6 Å². The number of anilines is 1. The molecule has 0 saturated heterocycles. The first-order valence-electron chi connectivity index (χ1n) is 30.9. The Balaban J connectivity index is 0.692. The zero-order valence-corrected chi connectivity index (χ0v) is 52.1. The highest BCUT2D eigenvalue weighted by Gasteiger charge is 2.46. The van der Waals surface area contributed by atoms with E-state index in [0.29, 0.717) is 27.9 Å². The summed E-state index contributed by atoms with van der Waals surface area (Å²) in [4.78, 5) is 137. The molecule has 95 heavy (non-hydrogen) atoms. The van der Waals surface area contributed by atoms with Gasteiger partial charge in [-0.2, -0.15) is 0 Å². The topological polar surface area (TPSA) is 332 Å². The summed E-state index contributed by atoms with van der Waals surface area (Å²) in [6, 6.07) is 31.0. The number of aliphatic carboxylic acids is 1. The third-order valence-corrected chi connectivity index (χ3v) is 17.0. The van der Waals surface area contributed by atoms with E-state index >= 15 is 0 Å². The summed E-state index contributed by atoms with van der Waals surface area (Å²) in [5.41, 5.74) is 4.67. The molecule has 24 nitrogen and oxygen atoms in total. The highest BCUT2D eigenvalue weighted by Crippen LogP contribution is 2.45. The number of esters is 1. The van der Waals surface area contributed by atoms with Crippen LogP contribution in [0.4, 0.5) is 24.1 Å². The number of halogens is 2. The number of nitrogens with one attached hydrogen (secondary N) is 6. The predicted molar refractivity (Wildman–Crippen MR) is 340 cm³/mol. The normalized spacial score (nSPS) is 14.7. The number of carboxylic acid groups (broad SMARTS) is 1. The van der Waals surface area contributed by atoms with Crippen LogP contribution in [0.5, 0.6) is 0 Å². The van der Waals surface area contributed by atoms with Crippen molar-refractivity contribution in [3.05, 3.63) is 188 Å². The Morgan fingerprint density at radius 2 is 1.39 bits per heavy atom. The quantitative estimate of drug-likeness (QED) is 0.0223. The Morgan fingerprint density at radius 1 is 0.747 bits per heavy atom. The van der Waals surface area contributed by atoms with Crippen LogP contribution in [0.1, 0.15) is 96.9 Å². The largest absolute Gasteiger partial charge is 0.481 e. The van der Waals surface area contributed by atoms with Gasteiger partial charge in [-0.15, -0.1) is 0 Å². The molecule has 4 heterocycles. The van der Waals surface area contributed by atoms with Gasteiger partial charge in [-0.05, 0) is 103 Å². The fraction of sp³-hybridized carbons (Fsp3) is 0.319. The second-order valence-corrected chi connectivity index (χ2v) is 23.5. The van der Waals surface area contributed by atoms with Crippen molar-refractivity contribution in [1.29, 1.82) is 0 Å². The Bertz CT molecular complexity index is 4180. The van der Waals surface area contributed by atoms with Crippen LogP contribution in [0, 0.1) is 11.6 Å². The number of carboxylic acids is 1. The Hall–Kier alpha value is -10.9. The van der Waals surface area contributed by atoms with E-state index in [1.807, 2.05) is 48.5 Å². The van der Waals surface area contributed by atoms with Crippen LogP contribution in [0.25, 0.3) is 33.4 Å². The minimum absolute atomic E-state index is 0.00706. The number of pyridine rings is 2. The van der Waals surface area contributed by atoms with Crippen molar-refractivity contribution >= 4 is 70.3 Å². The highest BCUT2D eigenvalue weighted by atomic mass is 19.2. The van der Waals surface area contributed by atoms with Gasteiger partial charge in [-0.3, -0.25) is 33.6 Å². The van der Waals surface area contributed by atoms with E-state index in [1.165, 1.54) is 15.5 Å². The minimum atomic E-state index is -2.09. The molecule has 0 radical (unpaired) electrons. The lowest BCUT2D eigenvalue weighted by molar-refractivity contribution is -0.172. The molecule has 0 fully saturated rings. The van der Waals surface area contributed by atoms with Gasteiger partial charge in [-0.25, -0.2) is 28.1 Å². The van der Waals surface area contributed by atoms with E-state index in [0.717, 1.165) is 34.4 Å². The van der Waals surface area contributed by atoms with Gasteiger partial charge in [0.2, 0.25) is 29.5 Å². The molecule has 0 bridgehead atoms. The number of hydrogen-bond acceptors (Lipinski definition) is 15. The number of carbonyl (C=O) groups excluding carboxylic acids is 8. The number of hydrogen-bond donors (Lipinski definition) is 8. The van der Waals surface area contributed by atoms with E-state index in [1.54, 1.807) is 75.4 Å². The maximum absolute atomic E-state index is 15.0. The van der Waals surface area contributed by atoms with Gasteiger partial charge in [0.05, 0.1) is 48.6 Å². The maximum Gasteiger partial charge on any atom is 0.410 e. The summed E-state index contributed by atoms with van der Waals surface area (Å²) >= 11 is 0. The maximum atomic E-state index is 15.0. The molecule has 2 aliphatic heterocycles. The molecule has 26 heteroatoms. The summed E-state index contributed by atoms with van der Waals surface area (Å²) in [5.74, 6) is -8.33. The fourth-order valence-electron chi connectivity index (χ4n) is 12.0. The number of cyclic esters (lactones) is 1. The summed E-state index contributed by atoms with van der Waals surface area (Å²) in [6.07, 6.45) is -2.03. The zero-order chi connectivity index (χ0) is 67.7. The first-order chi connectivity index (χ1) is 45.6. The van der Waals surface area contributed by atoms with Crippen LogP contribution in [-0.2, 0) is 86.0 Å². The molecule has 0 spiro atoms. The lowest BCUT2D eigenvalue weighted by Gasteiger charge is -2.31. The molecular weight excluding hydrogens is 1230 g/mol. The molecule has 0 unspecified atom stereocenters. The number of aromatic nitrogens is 2. The van der Waals surface area contributed by atoms with Crippen LogP contribution in [-0.4, -0.2) is 129 Å². The molecule has 10 rings (SSSR count). The summed E-state index contributed by atoms with van der Waals surface area (Å²) < 4.78 is 47.7. The average Bonchev–Trinajstić information content (AvgIpc) is 1.64. The third-order valence-electron chi connectivity index (χ3n) is 17.0. The van der Waals surface area contributed by atoms with Crippen molar-refractivity contribution in [1.82, 2.24) is 41.0 Å². The molecule has 3 aliphatic rings. The van der Waals surface area contributed by atoms with Crippen molar-refractivity contribution < 1.29 is 76.4 Å². The van der Waals surface area contributed by atoms with Crippen molar-refractivity contribution in [2.24, 2.45) is 0 Å². The van der Waals surface area contributed by atoms with Gasteiger partial charge in [-0.1, -0.05) is 97.9 Å². The van der Waals surface area contributed by atoms with E-state index in [-0.39, 0.29) is 111 Å². The van der Waals surface area contributed by atoms with Crippen LogP contribution in [0.2, 0.25) is 0 Å². The van der Waals surface area contributed by atoms with Gasteiger partial charge in [0.25, 0.3) is 5.56 Å². The average molecular weight is 1300 g/mol. The third kappa shape index (κ3) is 15.3. The predicted octanol–water partition coefficient (Wildman–Crippen LogP) is 6.12. The summed E-state index contributed by atoms with van der Waals surface area (Å²) in [7, 11) is 0. The molecule has 7 amide bonds. The van der Waals surface area contributed by atoms with E-state index in [9.17, 15) is 66.9 Å². The number of amides is 7. The fourth-order valence-corrected chi connectivity index (χ4v) is 12.0. The minimum Gasteiger partial charge on any atom is -0.481 e. The zero-order valence-electron chi connectivity index (χ0n) is 52.1. The Kier molecular flexibility index (Phi) is 20.7. The first-order valence-corrected chi connectivity index (χ1v) is 30.9. The number of nitrogens with zero attached hydrogens (tertiary/aromatic N) is 3. The van der Waals surface area contributed by atoms with Crippen molar-refractivity contribution in [3.8, 4) is 22.5 Å². The highest BCUT2D eigenvalue weighted by molar-refractivity contribution is 5.97. The molecular formula is C69H69F2N9O15. The first kappa shape index (κ1) is 67.0. The smallest absolute Gasteiger partial charge is 0.410 e. The molecule has 5 aromatic carbocycles. The van der Waals surface area contributed by atoms with E-state index < -0.39 is 114 Å². The second-order valence-electron chi connectivity index (χ2n) is 23.5. The Morgan fingerprint density at radius 3 is 2.06 bits per heavy atom. The summed E-state index contributed by atoms with van der Waals surface area (Å²) in [6.45, 7) is 2.73. The van der Waals surface area contributed by atoms with Gasteiger partial charge >= 0.3 is 24.1 Å². The lowest BCUT2D eigenvalue weighted by atomic mass is 9.86. The molecule has 494 valence electrons. The number of carbonyl (C=O) groups is 9. The molecule has 8 N–H and O–H groups in total. The van der Waals surface area contributed by atoms with Crippen molar-refractivity contribution in [3.63, 3.8) is 0 Å². The molecule has 2 aromatic heterocycles. The van der Waals surface area contributed by atoms with Crippen molar-refractivity contribution in [2.45, 2.75) is 109 Å². The van der Waals surface area contributed by atoms with Gasteiger partial charge < -0.3 is 65.8 Å². The van der Waals surface area contributed by atoms with Crippen LogP contribution >= 0.6 is 0 Å². The van der Waals surface area contributed by atoms with Crippen LogP contribution < -0.4 is 37.5 Å². The SMILES string of the molecule is CC[C@@]1(O)C(=O)OCc2c1cc1n(c2=O)Cc2c-1nc1cc(F)c(F)cc1c2CCN(C(=O)OCc1ccc(NC(=O)CNC(=O)[C@H](Cc2ccccc2)NC(=O)CNC(=O)CNC(=O)[C@H](CCCC(=O)O)NC(=O)OCC2c3ccccc3-c3ccccc32)cc1)C(C)C. The molecule has 1 aliphatic carbocycles. The van der Waals surface area contributed by atoms with E-state index in [4.69, 9.17) is 14.2 Å². The van der Waals surface area contributed by atoms with Gasteiger partial charge in [0.15, 0.2) is 17.2 Å². The molecule has 3 atom stereocenters. The Labute approximate surface area is 542 Å². The number of alkyl carbamates (subject to hydrolysis) is 1. The number of benzene rings is 5. The second kappa shape index (κ2) is 29.4. The molecule has 0 saturated carbocycles. The summed E-state index contributed by atoms with van der Waals surface area (Å²) in [5, 5.41) is 35.9. The number of fused-ring (bicyclic) bond motifs is 8. The number of aliphatic hydroxyl groups is 1. The number of ether oxygens (including phenoxy) is 3. The van der Waals surface area contributed by atoms with Crippen molar-refractivity contribution in [2.75, 3.05) is 38.1 Å². The standard InChI is InChI=1S/C69H69F2N9O15/c1-4-69(92)51-29-57-62-48(34-80(57)65(88)50(51)37-93-66(69)89)46(47-28-52(70)53(71)30-55(47)77-62)25-26-79(38(2)3)68(91)95-35-40-21-23-41(24-22-40)75-59(82)33-74-64(87)56(27-39-13-6-5-7-14-39)76-60(83)32-72-58(81)31-73-63(86)54(19-12-20-61(84)85)78-67(90)94-36-49-44-17-10-8-15-42(44)43-16-9-11-18-45(43)49/h5-11,13-18,21-24,28-30,38,49,54,56,92H,4,12,19-20,25-27,31-37H2,1-3H3,(H,72,81)(H,73,86)(H,74,87)(H,75,82)(H,76,83)(H,78,90)(H,84,85)/t54-,56-,69-/m0/s1. The van der Waals surface area contributed by atoms with Gasteiger partial charge in [0.1, 0.15) is 31.9 Å². The van der Waals surface area contributed by atoms with Crippen LogP contribution in [0.15, 0.2) is 126 Å². The monoisotopic (exact) mass is 1300 g/mol.